The van der Waals surface area contributed by atoms with Gasteiger partial charge in [0.1, 0.15) is 6.61 Å². The van der Waals surface area contributed by atoms with E-state index in [9.17, 15) is 13.2 Å². The van der Waals surface area contributed by atoms with Crippen molar-refractivity contribution in [3.63, 3.8) is 0 Å². The van der Waals surface area contributed by atoms with Crippen LogP contribution in [0.3, 0.4) is 0 Å². The first-order valence-corrected chi connectivity index (χ1v) is 9.56. The van der Waals surface area contributed by atoms with Crippen molar-refractivity contribution in [3.8, 4) is 11.3 Å². The Morgan fingerprint density at radius 1 is 1.30 bits per heavy atom. The fraction of sp³-hybridized carbons (Fsp3) is 0.286. The van der Waals surface area contributed by atoms with E-state index in [-0.39, 0.29) is 12.5 Å². The summed E-state index contributed by atoms with van der Waals surface area (Å²) in [6.07, 6.45) is 1.10. The van der Waals surface area contributed by atoms with Crippen LogP contribution in [0.15, 0.2) is 29.6 Å². The molecule has 0 aliphatic heterocycles. The van der Waals surface area contributed by atoms with Gasteiger partial charge in [-0.3, -0.25) is 14.8 Å². The number of ether oxygens (including phenoxy) is 1. The lowest BCUT2D eigenvalue weighted by molar-refractivity contribution is -0.120. The number of carbonyl (C=O) groups excluding carboxylic acids is 1. The molecule has 9 heteroatoms. The average molecular weight is 355 g/mol. The number of aromatic nitrogens is 1. The number of hydrogen-bond donors (Lipinski definition) is 2. The molecule has 0 aliphatic rings. The topological polar surface area (TPSA) is 97.4 Å². The number of hydrogen-bond acceptors (Lipinski definition) is 6. The largest absolute Gasteiger partial charge is 0.372 e. The summed E-state index contributed by atoms with van der Waals surface area (Å²) in [7, 11) is -3.29. The van der Waals surface area contributed by atoms with Crippen molar-refractivity contribution in [2.75, 3.05) is 29.5 Å². The van der Waals surface area contributed by atoms with Gasteiger partial charge in [-0.25, -0.2) is 13.4 Å². The molecule has 0 radical (unpaired) electrons. The van der Waals surface area contributed by atoms with Crippen LogP contribution >= 0.6 is 11.3 Å². The van der Waals surface area contributed by atoms with E-state index in [1.165, 1.54) is 11.3 Å². The van der Waals surface area contributed by atoms with Crippen molar-refractivity contribution in [2.24, 2.45) is 0 Å². The van der Waals surface area contributed by atoms with E-state index in [4.69, 9.17) is 4.74 Å². The molecule has 0 saturated carbocycles. The van der Waals surface area contributed by atoms with Crippen LogP contribution in [0.2, 0.25) is 0 Å². The third kappa shape index (κ3) is 5.62. The second-order valence-corrected chi connectivity index (χ2v) is 7.28. The van der Waals surface area contributed by atoms with Crippen LogP contribution in [0.5, 0.6) is 0 Å². The van der Waals surface area contributed by atoms with Gasteiger partial charge in [-0.05, 0) is 19.1 Å². The van der Waals surface area contributed by atoms with Crippen molar-refractivity contribution in [2.45, 2.75) is 6.92 Å². The zero-order valence-corrected chi connectivity index (χ0v) is 14.3. The molecule has 1 aromatic heterocycles. The summed E-state index contributed by atoms with van der Waals surface area (Å²) in [6.45, 7) is 2.29. The van der Waals surface area contributed by atoms with E-state index < -0.39 is 10.0 Å². The molecule has 0 fully saturated rings. The monoisotopic (exact) mass is 355 g/mol. The highest BCUT2D eigenvalue weighted by atomic mass is 32.2. The molecular weight excluding hydrogens is 338 g/mol. The van der Waals surface area contributed by atoms with Gasteiger partial charge in [0.2, 0.25) is 10.0 Å². The summed E-state index contributed by atoms with van der Waals surface area (Å²) in [5, 5.41) is 4.96. The van der Waals surface area contributed by atoms with Crippen molar-refractivity contribution >= 4 is 38.1 Å². The molecule has 124 valence electrons. The fourth-order valence-electron chi connectivity index (χ4n) is 1.74. The SMILES string of the molecule is CCOCC(=O)Nc1nc(-c2ccc(NS(C)(=O)=O)cc2)cs1. The number of nitrogens with zero attached hydrogens (tertiary/aromatic N) is 1. The number of amides is 1. The zero-order valence-electron chi connectivity index (χ0n) is 12.7. The fourth-order valence-corrected chi connectivity index (χ4v) is 3.04. The number of nitrogens with one attached hydrogen (secondary N) is 2. The molecule has 0 unspecified atom stereocenters. The molecule has 1 heterocycles. The lowest BCUT2D eigenvalue weighted by atomic mass is 10.1. The van der Waals surface area contributed by atoms with Crippen LogP contribution in [-0.4, -0.2) is 38.8 Å². The second kappa shape index (κ2) is 7.53. The van der Waals surface area contributed by atoms with E-state index in [0.717, 1.165) is 11.8 Å². The number of benzene rings is 1. The first kappa shape index (κ1) is 17.4. The molecule has 2 aromatic rings. The number of carbonyl (C=O) groups is 1. The molecule has 0 spiro atoms. The first-order chi connectivity index (χ1) is 10.9. The van der Waals surface area contributed by atoms with Gasteiger partial charge in [0.05, 0.1) is 11.9 Å². The van der Waals surface area contributed by atoms with Gasteiger partial charge < -0.3 is 4.74 Å². The summed E-state index contributed by atoms with van der Waals surface area (Å²) in [6, 6.07) is 6.83. The lowest BCUT2D eigenvalue weighted by Gasteiger charge is -2.04. The summed E-state index contributed by atoms with van der Waals surface area (Å²) in [5.74, 6) is -0.250. The van der Waals surface area contributed by atoms with Crippen LogP contribution in [0, 0.1) is 0 Å². The standard InChI is InChI=1S/C14H17N3O4S2/c1-3-21-8-13(18)16-14-15-12(9-22-14)10-4-6-11(7-5-10)17-23(2,19)20/h4-7,9,17H,3,8H2,1-2H3,(H,15,16,18). The van der Waals surface area contributed by atoms with E-state index in [1.807, 2.05) is 12.3 Å². The second-order valence-electron chi connectivity index (χ2n) is 4.67. The van der Waals surface area contributed by atoms with Gasteiger partial charge in [0.15, 0.2) is 5.13 Å². The molecule has 0 atom stereocenters. The minimum atomic E-state index is -3.29. The maximum atomic E-state index is 11.6. The van der Waals surface area contributed by atoms with Gasteiger partial charge >= 0.3 is 0 Å². The van der Waals surface area contributed by atoms with E-state index in [1.54, 1.807) is 24.3 Å². The van der Waals surface area contributed by atoms with E-state index >= 15 is 0 Å². The van der Waals surface area contributed by atoms with Crippen molar-refractivity contribution in [1.82, 2.24) is 4.98 Å². The van der Waals surface area contributed by atoms with E-state index in [0.29, 0.717) is 23.1 Å². The average Bonchev–Trinajstić information content (AvgIpc) is 2.92. The predicted octanol–water partition coefficient (Wildman–Crippen LogP) is 2.16. The Morgan fingerprint density at radius 3 is 2.61 bits per heavy atom. The smallest absolute Gasteiger partial charge is 0.252 e. The number of anilines is 2. The van der Waals surface area contributed by atoms with Gasteiger partial charge in [0.25, 0.3) is 5.91 Å². The van der Waals surface area contributed by atoms with Crippen molar-refractivity contribution in [1.29, 1.82) is 0 Å². The minimum Gasteiger partial charge on any atom is -0.372 e. The molecule has 23 heavy (non-hydrogen) atoms. The van der Waals surface area contributed by atoms with Crippen LogP contribution in [-0.2, 0) is 19.6 Å². The van der Waals surface area contributed by atoms with Crippen LogP contribution in [0.25, 0.3) is 11.3 Å². The van der Waals surface area contributed by atoms with Crippen LogP contribution in [0.1, 0.15) is 6.92 Å². The highest BCUT2D eigenvalue weighted by molar-refractivity contribution is 7.92. The Bertz CT molecular complexity index is 770. The Balaban J connectivity index is 2.04. The Kier molecular flexibility index (Phi) is 5.69. The number of sulfonamides is 1. The normalized spacial score (nSPS) is 11.2. The summed E-state index contributed by atoms with van der Waals surface area (Å²) in [5.41, 5.74) is 2.01. The third-order valence-corrected chi connectivity index (χ3v) is 4.04. The van der Waals surface area contributed by atoms with Gasteiger partial charge in [-0.2, -0.15) is 0 Å². The highest BCUT2D eigenvalue weighted by Gasteiger charge is 2.08. The molecule has 0 bridgehead atoms. The first-order valence-electron chi connectivity index (χ1n) is 6.78. The number of rotatable bonds is 7. The van der Waals surface area contributed by atoms with E-state index in [2.05, 4.69) is 15.0 Å². The molecule has 2 N–H and O–H groups in total. The third-order valence-electron chi connectivity index (χ3n) is 2.67. The maximum absolute atomic E-state index is 11.6. The number of thiazole rings is 1. The van der Waals surface area contributed by atoms with Gasteiger partial charge in [0, 0.05) is 23.2 Å². The predicted molar refractivity (Wildman–Crippen MR) is 91.1 cm³/mol. The molecule has 1 aromatic carbocycles. The lowest BCUT2D eigenvalue weighted by Crippen LogP contribution is -2.17. The van der Waals surface area contributed by atoms with Gasteiger partial charge in [-0.15, -0.1) is 11.3 Å². The summed E-state index contributed by atoms with van der Waals surface area (Å²) in [4.78, 5) is 15.9. The Labute approximate surface area is 138 Å². The zero-order chi connectivity index (χ0) is 16.9. The molecule has 0 saturated heterocycles. The minimum absolute atomic E-state index is 0.00271. The van der Waals surface area contributed by atoms with Crippen LogP contribution < -0.4 is 10.0 Å². The molecule has 2 rings (SSSR count). The quantitative estimate of drug-likeness (QED) is 0.793. The molecule has 1 amide bonds. The molecule has 7 nitrogen and oxygen atoms in total. The van der Waals surface area contributed by atoms with Crippen molar-refractivity contribution in [3.05, 3.63) is 29.6 Å². The molecular formula is C14H17N3O4S2. The van der Waals surface area contributed by atoms with Gasteiger partial charge in [-0.1, -0.05) is 12.1 Å². The van der Waals surface area contributed by atoms with Crippen molar-refractivity contribution < 1.29 is 17.9 Å². The summed E-state index contributed by atoms with van der Waals surface area (Å²) >= 11 is 1.31. The molecule has 0 aliphatic carbocycles. The maximum Gasteiger partial charge on any atom is 0.252 e. The Hall–Kier alpha value is -1.97. The van der Waals surface area contributed by atoms with Crippen LogP contribution in [0.4, 0.5) is 10.8 Å². The highest BCUT2D eigenvalue weighted by Crippen LogP contribution is 2.26. The summed E-state index contributed by atoms with van der Waals surface area (Å²) < 4.78 is 29.7. The Morgan fingerprint density at radius 2 is 2.00 bits per heavy atom.